The van der Waals surface area contributed by atoms with Crippen LogP contribution in [0, 0.1) is 5.92 Å². The van der Waals surface area contributed by atoms with Crippen LogP contribution >= 0.6 is 22.9 Å². The number of rotatable bonds is 9. The van der Waals surface area contributed by atoms with Crippen LogP contribution < -0.4 is 9.64 Å². The number of amides is 1. The molecule has 8 nitrogen and oxygen atoms in total. The van der Waals surface area contributed by atoms with Gasteiger partial charge in [-0.1, -0.05) is 22.9 Å². The van der Waals surface area contributed by atoms with Crippen molar-refractivity contribution in [3.05, 3.63) is 47.5 Å². The highest BCUT2D eigenvalue weighted by Gasteiger charge is 2.35. The number of carbonyl (C=O) groups is 1. The fourth-order valence-corrected chi connectivity index (χ4v) is 7.05. The van der Waals surface area contributed by atoms with E-state index in [4.69, 9.17) is 21.3 Å². The molecule has 1 aromatic heterocycles. The van der Waals surface area contributed by atoms with Crippen molar-refractivity contribution in [3.63, 3.8) is 0 Å². The van der Waals surface area contributed by atoms with Crippen molar-refractivity contribution in [2.24, 2.45) is 5.92 Å². The second kappa shape index (κ2) is 11.4. The second-order valence-corrected chi connectivity index (χ2v) is 12.5. The zero-order valence-corrected chi connectivity index (χ0v) is 23.1. The minimum atomic E-state index is -3.63. The van der Waals surface area contributed by atoms with E-state index in [1.165, 1.54) is 15.6 Å². The summed E-state index contributed by atoms with van der Waals surface area (Å²) in [6.07, 6.45) is 1.74. The van der Waals surface area contributed by atoms with Crippen LogP contribution in [0.2, 0.25) is 5.02 Å². The first-order valence-corrected chi connectivity index (χ1v) is 14.5. The Morgan fingerprint density at radius 3 is 2.47 bits per heavy atom. The molecule has 11 heteroatoms. The van der Waals surface area contributed by atoms with Crippen LogP contribution in [0.1, 0.15) is 19.3 Å². The molecule has 4 rings (SSSR count). The third-order valence-corrected chi connectivity index (χ3v) is 9.51. The summed E-state index contributed by atoms with van der Waals surface area (Å²) >= 11 is 7.61. The Morgan fingerprint density at radius 1 is 1.14 bits per heavy atom. The van der Waals surface area contributed by atoms with Crippen molar-refractivity contribution in [3.8, 4) is 5.75 Å². The molecule has 1 amide bonds. The Bertz CT molecular complexity index is 1300. The van der Waals surface area contributed by atoms with Crippen LogP contribution in [0.3, 0.4) is 0 Å². The predicted molar refractivity (Wildman–Crippen MR) is 145 cm³/mol. The Morgan fingerprint density at radius 2 is 1.83 bits per heavy atom. The van der Waals surface area contributed by atoms with Gasteiger partial charge in [-0.15, -0.1) is 0 Å². The molecule has 0 saturated carbocycles. The number of aromatic nitrogens is 1. The fraction of sp³-hybridized carbons (Fsp3) is 0.440. The topological polar surface area (TPSA) is 83.0 Å². The summed E-state index contributed by atoms with van der Waals surface area (Å²) in [6.45, 7) is 1.99. The Labute approximate surface area is 221 Å². The lowest BCUT2D eigenvalue weighted by molar-refractivity contribution is -0.123. The third kappa shape index (κ3) is 6.00. The van der Waals surface area contributed by atoms with Crippen LogP contribution in [0.25, 0.3) is 10.2 Å². The molecule has 0 bridgehead atoms. The number of methoxy groups -OCH3 is 1. The summed E-state index contributed by atoms with van der Waals surface area (Å²) in [5.41, 5.74) is 0.810. The average molecular weight is 551 g/mol. The van der Waals surface area contributed by atoms with Crippen LogP contribution in [-0.2, 0) is 14.8 Å². The molecule has 1 aliphatic rings. The van der Waals surface area contributed by atoms with E-state index in [1.54, 1.807) is 42.3 Å². The highest BCUT2D eigenvalue weighted by molar-refractivity contribution is 7.89. The maximum atomic E-state index is 13.7. The van der Waals surface area contributed by atoms with Crippen molar-refractivity contribution in [2.75, 3.05) is 52.3 Å². The number of sulfonamides is 1. The third-order valence-electron chi connectivity index (χ3n) is 6.32. The quantitative estimate of drug-likeness (QED) is 0.394. The van der Waals surface area contributed by atoms with Gasteiger partial charge in [0, 0.05) is 30.6 Å². The number of hydrogen-bond donors (Lipinski definition) is 0. The number of thiazole rings is 1. The summed E-state index contributed by atoms with van der Waals surface area (Å²) in [6, 6.07) is 11.9. The van der Waals surface area contributed by atoms with Gasteiger partial charge in [-0.2, -0.15) is 4.31 Å². The van der Waals surface area contributed by atoms with Crippen molar-refractivity contribution in [1.29, 1.82) is 0 Å². The lowest BCUT2D eigenvalue weighted by Crippen LogP contribution is -2.45. The largest absolute Gasteiger partial charge is 0.497 e. The van der Waals surface area contributed by atoms with E-state index in [2.05, 4.69) is 4.90 Å². The van der Waals surface area contributed by atoms with Gasteiger partial charge in [-0.25, -0.2) is 13.4 Å². The molecule has 0 spiro atoms. The van der Waals surface area contributed by atoms with Gasteiger partial charge in [0.05, 0.1) is 22.2 Å². The van der Waals surface area contributed by atoms with Gasteiger partial charge in [0.2, 0.25) is 15.9 Å². The fourth-order valence-electron chi connectivity index (χ4n) is 4.31. The minimum absolute atomic E-state index is 0.000375. The number of piperidine rings is 1. The lowest BCUT2D eigenvalue weighted by Gasteiger charge is -2.33. The predicted octanol–water partition coefficient (Wildman–Crippen LogP) is 4.34. The summed E-state index contributed by atoms with van der Waals surface area (Å²) < 4.78 is 33.8. The molecule has 0 N–H and O–H groups in total. The first-order chi connectivity index (χ1) is 17.2. The average Bonchev–Trinajstić information content (AvgIpc) is 3.29. The number of carbonyl (C=O) groups excluding carboxylic acids is 1. The molecule has 194 valence electrons. The molecule has 3 aromatic rings. The zero-order valence-electron chi connectivity index (χ0n) is 20.7. The molecule has 36 heavy (non-hydrogen) atoms. The number of anilines is 1. The van der Waals surface area contributed by atoms with Gasteiger partial charge in [0.15, 0.2) is 5.13 Å². The van der Waals surface area contributed by atoms with E-state index in [9.17, 15) is 13.2 Å². The molecular weight excluding hydrogens is 520 g/mol. The molecule has 2 heterocycles. The summed E-state index contributed by atoms with van der Waals surface area (Å²) in [4.78, 5) is 22.5. The van der Waals surface area contributed by atoms with E-state index in [-0.39, 0.29) is 16.7 Å². The van der Waals surface area contributed by atoms with Crippen LogP contribution in [-0.4, -0.2) is 75.9 Å². The molecular formula is C25H31ClN4O4S2. The number of ether oxygens (including phenoxy) is 1. The molecule has 0 aliphatic carbocycles. The maximum Gasteiger partial charge on any atom is 0.243 e. The number of hydrogen-bond acceptors (Lipinski definition) is 7. The maximum absolute atomic E-state index is 13.7. The Balaban J connectivity index is 1.48. The second-order valence-electron chi connectivity index (χ2n) is 9.11. The number of halogens is 1. The number of nitrogens with zero attached hydrogens (tertiary/aromatic N) is 4. The first-order valence-electron chi connectivity index (χ1n) is 11.9. The van der Waals surface area contributed by atoms with E-state index in [0.717, 1.165) is 23.2 Å². The molecule has 2 aromatic carbocycles. The molecule has 1 fully saturated rings. The van der Waals surface area contributed by atoms with E-state index < -0.39 is 10.0 Å². The van der Waals surface area contributed by atoms with Crippen LogP contribution in [0.5, 0.6) is 5.75 Å². The van der Waals surface area contributed by atoms with Gasteiger partial charge in [0.1, 0.15) is 5.75 Å². The number of fused-ring (bicyclic) bond motifs is 1. The molecule has 0 radical (unpaired) electrons. The van der Waals surface area contributed by atoms with Gasteiger partial charge >= 0.3 is 0 Å². The van der Waals surface area contributed by atoms with Crippen molar-refractivity contribution >= 4 is 54.2 Å². The SMILES string of the molecule is COc1ccc(S(=O)(=O)N2CCC(C(=O)N(CCCN(C)C)c3nc4ccc(Cl)cc4s3)CC2)cc1. The summed E-state index contributed by atoms with van der Waals surface area (Å²) in [5, 5.41) is 1.29. The van der Waals surface area contributed by atoms with Crippen molar-refractivity contribution in [2.45, 2.75) is 24.2 Å². The smallest absolute Gasteiger partial charge is 0.243 e. The van der Waals surface area contributed by atoms with Gasteiger partial charge in [0.25, 0.3) is 0 Å². The minimum Gasteiger partial charge on any atom is -0.497 e. The summed E-state index contributed by atoms with van der Waals surface area (Å²) in [5.74, 6) is 0.340. The standard InChI is InChI=1S/C25H31ClN4O4S2/c1-28(2)13-4-14-30(25-27-22-10-5-19(26)17-23(22)35-25)24(31)18-11-15-29(16-12-18)36(32,33)21-8-6-20(34-3)7-9-21/h5-10,17-18H,4,11-16H2,1-3H3. The molecule has 0 atom stereocenters. The van der Waals surface area contributed by atoms with Gasteiger partial charge in [-0.3, -0.25) is 9.69 Å². The molecule has 0 unspecified atom stereocenters. The molecule has 1 aliphatic heterocycles. The van der Waals surface area contributed by atoms with Gasteiger partial charge < -0.3 is 9.64 Å². The normalized spacial score (nSPS) is 15.5. The highest BCUT2D eigenvalue weighted by atomic mass is 35.5. The van der Waals surface area contributed by atoms with Crippen LogP contribution in [0.15, 0.2) is 47.4 Å². The highest BCUT2D eigenvalue weighted by Crippen LogP contribution is 2.33. The lowest BCUT2D eigenvalue weighted by atomic mass is 9.96. The van der Waals surface area contributed by atoms with Crippen molar-refractivity contribution in [1.82, 2.24) is 14.2 Å². The number of benzene rings is 2. The van der Waals surface area contributed by atoms with Crippen LogP contribution in [0.4, 0.5) is 5.13 Å². The zero-order chi connectivity index (χ0) is 25.9. The van der Waals surface area contributed by atoms with Gasteiger partial charge in [-0.05, 0) is 82.4 Å². The van der Waals surface area contributed by atoms with E-state index in [1.807, 2.05) is 26.2 Å². The Kier molecular flexibility index (Phi) is 8.52. The monoisotopic (exact) mass is 550 g/mol. The summed E-state index contributed by atoms with van der Waals surface area (Å²) in [7, 11) is 1.92. The molecule has 1 saturated heterocycles. The first kappa shape index (κ1) is 26.8. The van der Waals surface area contributed by atoms with E-state index in [0.29, 0.717) is 48.4 Å². The Hall–Kier alpha value is -2.24. The van der Waals surface area contributed by atoms with Crippen molar-refractivity contribution < 1.29 is 17.9 Å². The van der Waals surface area contributed by atoms with E-state index >= 15 is 0 Å².